The Morgan fingerprint density at radius 3 is 2.63 bits per heavy atom. The first-order valence-electron chi connectivity index (χ1n) is 10.2. The molecule has 0 N–H and O–H groups in total. The highest BCUT2D eigenvalue weighted by molar-refractivity contribution is 5.77. The molecule has 0 aromatic heterocycles. The first-order chi connectivity index (χ1) is 13.0. The Balaban J connectivity index is 1.56. The van der Waals surface area contributed by atoms with Crippen LogP contribution in [0, 0.1) is 5.41 Å². The fourth-order valence-corrected chi connectivity index (χ4v) is 4.53. The van der Waals surface area contributed by atoms with Crippen molar-refractivity contribution in [2.75, 3.05) is 46.8 Å². The summed E-state index contributed by atoms with van der Waals surface area (Å²) >= 11 is 0. The summed E-state index contributed by atoms with van der Waals surface area (Å²) in [5.41, 5.74) is 1.50. The van der Waals surface area contributed by atoms with Crippen molar-refractivity contribution in [3.05, 3.63) is 35.9 Å². The molecule has 0 saturated carbocycles. The van der Waals surface area contributed by atoms with Crippen LogP contribution in [0.25, 0.3) is 0 Å². The van der Waals surface area contributed by atoms with Crippen LogP contribution in [-0.4, -0.2) is 73.3 Å². The average molecular weight is 372 g/mol. The Kier molecular flexibility index (Phi) is 6.53. The quantitative estimate of drug-likeness (QED) is 0.771. The molecule has 0 unspecified atom stereocenters. The molecule has 3 rings (SSSR count). The molecule has 0 aliphatic carbocycles. The second kappa shape index (κ2) is 8.87. The molecule has 1 aromatic carbocycles. The van der Waals surface area contributed by atoms with Gasteiger partial charge in [0.1, 0.15) is 0 Å². The topological polar surface area (TPSA) is 43.9 Å². The summed E-state index contributed by atoms with van der Waals surface area (Å²) in [5.74, 6) is 0.495. The predicted molar refractivity (Wildman–Crippen MR) is 107 cm³/mol. The molecule has 1 spiro atoms. The maximum atomic E-state index is 12.5. The van der Waals surface area contributed by atoms with E-state index in [0.29, 0.717) is 18.7 Å². The van der Waals surface area contributed by atoms with Gasteiger partial charge in [0.15, 0.2) is 0 Å². The number of nitrogens with zero attached hydrogens (tertiary/aromatic N) is 3. The minimum Gasteiger partial charge on any atom is -0.349 e. The standard InChI is InChI=1S/C22H33N3O2/c1-23(2)20(26)11-15-24-14-6-12-22(17-24)13-9-21(27)25(18-22)16-10-19-7-4-3-5-8-19/h3-5,7-8H,6,9-18H2,1-2H3/t22-/m1/s1. The van der Waals surface area contributed by atoms with Gasteiger partial charge in [-0.1, -0.05) is 30.3 Å². The van der Waals surface area contributed by atoms with Crippen LogP contribution < -0.4 is 0 Å². The zero-order chi connectivity index (χ0) is 19.3. The van der Waals surface area contributed by atoms with Crippen LogP contribution in [0.15, 0.2) is 30.3 Å². The second-order valence-electron chi connectivity index (χ2n) is 8.47. The van der Waals surface area contributed by atoms with Crippen molar-refractivity contribution < 1.29 is 9.59 Å². The van der Waals surface area contributed by atoms with E-state index in [0.717, 1.165) is 52.0 Å². The zero-order valence-corrected chi connectivity index (χ0v) is 16.8. The van der Waals surface area contributed by atoms with Crippen molar-refractivity contribution in [1.29, 1.82) is 0 Å². The largest absolute Gasteiger partial charge is 0.349 e. The molecule has 5 nitrogen and oxygen atoms in total. The number of carbonyl (C=O) groups excluding carboxylic acids is 2. The van der Waals surface area contributed by atoms with Crippen LogP contribution in [0.5, 0.6) is 0 Å². The zero-order valence-electron chi connectivity index (χ0n) is 16.8. The second-order valence-corrected chi connectivity index (χ2v) is 8.47. The smallest absolute Gasteiger partial charge is 0.223 e. The Morgan fingerprint density at radius 2 is 1.89 bits per heavy atom. The predicted octanol–water partition coefficient (Wildman–Crippen LogP) is 2.41. The summed E-state index contributed by atoms with van der Waals surface area (Å²) in [6.45, 7) is 4.60. The molecule has 2 heterocycles. The molecule has 5 heteroatoms. The van der Waals surface area contributed by atoms with Crippen LogP contribution >= 0.6 is 0 Å². The van der Waals surface area contributed by atoms with E-state index in [1.54, 1.807) is 4.90 Å². The summed E-state index contributed by atoms with van der Waals surface area (Å²) in [4.78, 5) is 30.6. The lowest BCUT2D eigenvalue weighted by atomic mass is 9.73. The normalized spacial score (nSPS) is 23.6. The van der Waals surface area contributed by atoms with Gasteiger partial charge in [0.25, 0.3) is 0 Å². The SMILES string of the molecule is CN(C)C(=O)CCN1CCC[C@@]2(CCC(=O)N(CCc3ccccc3)C2)C1. The van der Waals surface area contributed by atoms with Crippen molar-refractivity contribution in [2.24, 2.45) is 5.41 Å². The number of hydrogen-bond acceptors (Lipinski definition) is 3. The molecule has 1 aromatic rings. The summed E-state index contributed by atoms with van der Waals surface area (Å²) in [6, 6.07) is 10.4. The third-order valence-corrected chi connectivity index (χ3v) is 6.14. The summed E-state index contributed by atoms with van der Waals surface area (Å²) in [6.07, 6.45) is 5.52. The van der Waals surface area contributed by atoms with Crippen LogP contribution in [-0.2, 0) is 16.0 Å². The number of carbonyl (C=O) groups is 2. The third kappa shape index (κ3) is 5.32. The van der Waals surface area contributed by atoms with Crippen LogP contribution in [0.2, 0.25) is 0 Å². The van der Waals surface area contributed by atoms with E-state index in [9.17, 15) is 9.59 Å². The highest BCUT2D eigenvalue weighted by atomic mass is 16.2. The van der Waals surface area contributed by atoms with Gasteiger partial charge in [-0.3, -0.25) is 9.59 Å². The molecule has 2 amide bonds. The Morgan fingerprint density at radius 1 is 1.11 bits per heavy atom. The van der Waals surface area contributed by atoms with Gasteiger partial charge in [-0.05, 0) is 37.8 Å². The maximum Gasteiger partial charge on any atom is 0.223 e. The Bertz CT molecular complexity index is 646. The highest BCUT2D eigenvalue weighted by Gasteiger charge is 2.41. The van der Waals surface area contributed by atoms with Crippen molar-refractivity contribution in [3.63, 3.8) is 0 Å². The van der Waals surface area contributed by atoms with E-state index < -0.39 is 0 Å². The van der Waals surface area contributed by atoms with Gasteiger partial charge in [0, 0.05) is 58.5 Å². The van der Waals surface area contributed by atoms with Crippen molar-refractivity contribution in [2.45, 2.75) is 38.5 Å². The number of amides is 2. The monoisotopic (exact) mass is 371 g/mol. The highest BCUT2D eigenvalue weighted by Crippen LogP contribution is 2.38. The van der Waals surface area contributed by atoms with E-state index in [1.807, 2.05) is 20.2 Å². The summed E-state index contributed by atoms with van der Waals surface area (Å²) in [7, 11) is 3.63. The Hall–Kier alpha value is -1.88. The first kappa shape index (κ1) is 19.9. The van der Waals surface area contributed by atoms with Crippen LogP contribution in [0.3, 0.4) is 0 Å². The van der Waals surface area contributed by atoms with Gasteiger partial charge in [0.05, 0.1) is 0 Å². The van der Waals surface area contributed by atoms with Crippen LogP contribution in [0.1, 0.15) is 37.7 Å². The molecule has 2 aliphatic rings. The third-order valence-electron chi connectivity index (χ3n) is 6.14. The number of likely N-dealkylation sites (tertiary alicyclic amines) is 2. The Labute approximate surface area is 163 Å². The number of piperidine rings is 2. The van der Waals surface area contributed by atoms with Crippen molar-refractivity contribution in [1.82, 2.24) is 14.7 Å². The lowest BCUT2D eigenvalue weighted by Gasteiger charge is -2.48. The average Bonchev–Trinajstić information content (AvgIpc) is 2.68. The van der Waals surface area contributed by atoms with Crippen molar-refractivity contribution in [3.8, 4) is 0 Å². The minimum atomic E-state index is 0.193. The lowest BCUT2D eigenvalue weighted by molar-refractivity contribution is -0.139. The number of benzene rings is 1. The van der Waals surface area contributed by atoms with E-state index >= 15 is 0 Å². The lowest BCUT2D eigenvalue weighted by Crippen LogP contribution is -2.54. The van der Waals surface area contributed by atoms with Gasteiger partial charge in [-0.15, -0.1) is 0 Å². The molecule has 27 heavy (non-hydrogen) atoms. The molecular formula is C22H33N3O2. The van der Waals surface area contributed by atoms with Gasteiger partial charge in [-0.25, -0.2) is 0 Å². The van der Waals surface area contributed by atoms with Gasteiger partial charge >= 0.3 is 0 Å². The molecule has 2 fully saturated rings. The molecular weight excluding hydrogens is 338 g/mol. The van der Waals surface area contributed by atoms with Gasteiger partial charge in [-0.2, -0.15) is 0 Å². The molecule has 148 valence electrons. The van der Waals surface area contributed by atoms with E-state index in [4.69, 9.17) is 0 Å². The fraction of sp³-hybridized carbons (Fsp3) is 0.636. The molecule has 1 atom stereocenters. The summed E-state index contributed by atoms with van der Waals surface area (Å²) in [5, 5.41) is 0. The summed E-state index contributed by atoms with van der Waals surface area (Å²) < 4.78 is 0. The van der Waals surface area contributed by atoms with Crippen LogP contribution in [0.4, 0.5) is 0 Å². The molecule has 0 bridgehead atoms. The van der Waals surface area contributed by atoms with Crippen molar-refractivity contribution >= 4 is 11.8 Å². The van der Waals surface area contributed by atoms with E-state index in [1.165, 1.54) is 12.0 Å². The van der Waals surface area contributed by atoms with Gasteiger partial charge < -0.3 is 14.7 Å². The molecule has 2 aliphatic heterocycles. The number of rotatable bonds is 6. The molecule has 2 saturated heterocycles. The first-order valence-corrected chi connectivity index (χ1v) is 10.2. The maximum absolute atomic E-state index is 12.5. The van der Waals surface area contributed by atoms with Gasteiger partial charge in [0.2, 0.25) is 11.8 Å². The van der Waals surface area contributed by atoms with E-state index in [2.05, 4.69) is 34.1 Å². The van der Waals surface area contributed by atoms with E-state index in [-0.39, 0.29) is 11.3 Å². The minimum absolute atomic E-state index is 0.193. The fourth-order valence-electron chi connectivity index (χ4n) is 4.53. The number of hydrogen-bond donors (Lipinski definition) is 0. The molecule has 0 radical (unpaired) electrons.